The van der Waals surface area contributed by atoms with Crippen LogP contribution in [0.4, 0.5) is 10.2 Å². The number of hydrogen-bond acceptors (Lipinski definition) is 6. The predicted molar refractivity (Wildman–Crippen MR) is 117 cm³/mol. The van der Waals surface area contributed by atoms with Crippen LogP contribution in [0.15, 0.2) is 47.6 Å². The van der Waals surface area contributed by atoms with Crippen LogP contribution in [0.3, 0.4) is 0 Å². The molecule has 0 aromatic carbocycles. The largest absolute Gasteiger partial charge is 0.362 e. The molecule has 4 rings (SSSR count). The van der Waals surface area contributed by atoms with Gasteiger partial charge in [0.1, 0.15) is 17.3 Å². The van der Waals surface area contributed by atoms with Gasteiger partial charge in [-0.15, -0.1) is 0 Å². The van der Waals surface area contributed by atoms with E-state index in [1.807, 2.05) is 19.9 Å². The lowest BCUT2D eigenvalue weighted by Gasteiger charge is -2.14. The Morgan fingerprint density at radius 3 is 2.55 bits per heavy atom. The number of rotatable bonds is 6. The van der Waals surface area contributed by atoms with E-state index in [4.69, 9.17) is 0 Å². The molecule has 162 valence electrons. The second kappa shape index (κ2) is 7.77. The third-order valence-electron chi connectivity index (χ3n) is 5.04. The topological polar surface area (TPSA) is 106 Å². The molecule has 2 N–H and O–H groups in total. The average Bonchev–Trinajstić information content (AvgIpc) is 3.31. The van der Waals surface area contributed by atoms with Crippen molar-refractivity contribution in [3.8, 4) is 5.82 Å². The molecule has 0 bridgehead atoms. The lowest BCUT2D eigenvalue weighted by Crippen LogP contribution is -2.13. The van der Waals surface area contributed by atoms with Crippen LogP contribution < -0.4 is 5.32 Å². The van der Waals surface area contributed by atoms with Crippen molar-refractivity contribution < 1.29 is 12.8 Å². The van der Waals surface area contributed by atoms with Crippen molar-refractivity contribution >= 4 is 26.7 Å². The summed E-state index contributed by atoms with van der Waals surface area (Å²) < 4.78 is 40.7. The van der Waals surface area contributed by atoms with E-state index in [1.54, 1.807) is 42.8 Å². The Balaban J connectivity index is 1.81. The molecular formula is C21H23FN6O2S. The molecule has 0 radical (unpaired) electrons. The zero-order valence-electron chi connectivity index (χ0n) is 17.6. The summed E-state index contributed by atoms with van der Waals surface area (Å²) in [6.07, 6.45) is 2.73. The van der Waals surface area contributed by atoms with E-state index in [0.29, 0.717) is 28.4 Å². The van der Waals surface area contributed by atoms with Crippen molar-refractivity contribution in [2.24, 2.45) is 0 Å². The minimum Gasteiger partial charge on any atom is -0.362 e. The first-order valence-corrected chi connectivity index (χ1v) is 11.4. The molecule has 0 saturated carbocycles. The van der Waals surface area contributed by atoms with Gasteiger partial charge >= 0.3 is 0 Å². The van der Waals surface area contributed by atoms with Gasteiger partial charge in [-0.2, -0.15) is 5.10 Å². The Kier molecular flexibility index (Phi) is 5.26. The Labute approximate surface area is 179 Å². The highest BCUT2D eigenvalue weighted by Crippen LogP contribution is 2.31. The van der Waals surface area contributed by atoms with Crippen LogP contribution in [0.25, 0.3) is 16.9 Å². The fraction of sp³-hybridized carbons (Fsp3) is 0.286. The second-order valence-corrected chi connectivity index (χ2v) is 10.2. The zero-order chi connectivity index (χ0) is 22.3. The van der Waals surface area contributed by atoms with Crippen LogP contribution in [0, 0.1) is 12.7 Å². The van der Waals surface area contributed by atoms with Crippen LogP contribution in [0.2, 0.25) is 0 Å². The maximum atomic E-state index is 13.2. The van der Waals surface area contributed by atoms with Crippen LogP contribution in [-0.2, 0) is 9.84 Å². The molecule has 31 heavy (non-hydrogen) atoms. The molecule has 0 aliphatic heterocycles. The highest BCUT2D eigenvalue weighted by atomic mass is 32.2. The lowest BCUT2D eigenvalue weighted by molar-refractivity contribution is 0.588. The molecule has 0 aliphatic carbocycles. The SMILES string of the molecule is Cc1cc(-n2cc(S(=O)(=O)C(C)C)c3ccc(N[C@@H](C)c4ccc(F)cn4)nc32)n[nH]1. The molecule has 0 spiro atoms. The summed E-state index contributed by atoms with van der Waals surface area (Å²) in [5, 5.41) is 10.3. The number of nitrogens with zero attached hydrogens (tertiary/aromatic N) is 4. The van der Waals surface area contributed by atoms with Gasteiger partial charge in [0.15, 0.2) is 15.7 Å². The number of sulfone groups is 1. The highest BCUT2D eigenvalue weighted by molar-refractivity contribution is 7.92. The van der Waals surface area contributed by atoms with Crippen molar-refractivity contribution in [1.29, 1.82) is 0 Å². The number of hydrogen-bond donors (Lipinski definition) is 2. The number of pyridine rings is 2. The molecule has 1 atom stereocenters. The summed E-state index contributed by atoms with van der Waals surface area (Å²) in [5.41, 5.74) is 1.97. The maximum absolute atomic E-state index is 13.2. The smallest absolute Gasteiger partial charge is 0.182 e. The number of anilines is 1. The van der Waals surface area contributed by atoms with Gasteiger partial charge in [0.05, 0.1) is 28.1 Å². The van der Waals surface area contributed by atoms with Crippen molar-refractivity contribution in [2.45, 2.75) is 43.9 Å². The summed E-state index contributed by atoms with van der Waals surface area (Å²) in [4.78, 5) is 8.98. The molecule has 8 nitrogen and oxygen atoms in total. The third-order valence-corrected chi connectivity index (χ3v) is 7.22. The van der Waals surface area contributed by atoms with Crippen LogP contribution in [0.1, 0.15) is 38.2 Å². The normalized spacial score (nSPS) is 13.1. The molecule has 0 amide bonds. The Morgan fingerprint density at radius 2 is 1.94 bits per heavy atom. The summed E-state index contributed by atoms with van der Waals surface area (Å²) in [6, 6.07) is 8.00. The molecule has 4 heterocycles. The quantitative estimate of drug-likeness (QED) is 0.468. The molecule has 0 aliphatic rings. The summed E-state index contributed by atoms with van der Waals surface area (Å²) >= 11 is 0. The van der Waals surface area contributed by atoms with Crippen molar-refractivity contribution in [2.75, 3.05) is 5.32 Å². The molecular weight excluding hydrogens is 419 g/mol. The van der Waals surface area contributed by atoms with Gasteiger partial charge in [0.25, 0.3) is 0 Å². The van der Waals surface area contributed by atoms with Gasteiger partial charge < -0.3 is 5.32 Å². The average molecular weight is 443 g/mol. The van der Waals surface area contributed by atoms with E-state index in [9.17, 15) is 12.8 Å². The van der Waals surface area contributed by atoms with Crippen LogP contribution in [0.5, 0.6) is 0 Å². The van der Waals surface area contributed by atoms with Crippen LogP contribution in [-0.4, -0.2) is 38.4 Å². The molecule has 0 fully saturated rings. The first-order chi connectivity index (χ1) is 14.7. The predicted octanol–water partition coefficient (Wildman–Crippen LogP) is 3.95. The fourth-order valence-electron chi connectivity index (χ4n) is 3.27. The number of aryl methyl sites for hydroxylation is 1. The van der Waals surface area contributed by atoms with Crippen molar-refractivity contribution in [3.63, 3.8) is 0 Å². The highest BCUT2D eigenvalue weighted by Gasteiger charge is 2.26. The van der Waals surface area contributed by atoms with Gasteiger partial charge in [-0.3, -0.25) is 14.6 Å². The first-order valence-electron chi connectivity index (χ1n) is 9.83. The van der Waals surface area contributed by atoms with E-state index in [0.717, 1.165) is 11.9 Å². The van der Waals surface area contributed by atoms with Gasteiger partial charge in [-0.25, -0.2) is 17.8 Å². The Morgan fingerprint density at radius 1 is 1.16 bits per heavy atom. The number of halogens is 1. The Hall–Kier alpha value is -3.27. The first kappa shape index (κ1) is 21.0. The van der Waals surface area contributed by atoms with Gasteiger partial charge in [-0.05, 0) is 52.0 Å². The molecule has 0 unspecified atom stereocenters. The molecule has 4 aromatic rings. The third kappa shape index (κ3) is 3.90. The summed E-state index contributed by atoms with van der Waals surface area (Å²) in [6.45, 7) is 7.05. The lowest BCUT2D eigenvalue weighted by atomic mass is 10.2. The second-order valence-electron chi connectivity index (χ2n) is 7.70. The number of fused-ring (bicyclic) bond motifs is 1. The van der Waals surface area contributed by atoms with Crippen molar-refractivity contribution in [3.05, 3.63) is 59.9 Å². The van der Waals surface area contributed by atoms with E-state index in [2.05, 4.69) is 25.5 Å². The molecule has 10 heteroatoms. The van der Waals surface area contributed by atoms with E-state index >= 15 is 0 Å². The van der Waals surface area contributed by atoms with Crippen molar-refractivity contribution in [1.82, 2.24) is 24.7 Å². The summed E-state index contributed by atoms with van der Waals surface area (Å²) in [5.74, 6) is 0.679. The number of aromatic nitrogens is 5. The van der Waals surface area contributed by atoms with Gasteiger partial charge in [0, 0.05) is 23.3 Å². The fourth-order valence-corrected chi connectivity index (χ4v) is 4.50. The van der Waals surface area contributed by atoms with E-state index < -0.39 is 20.9 Å². The molecule has 0 saturated heterocycles. The van der Waals surface area contributed by atoms with Gasteiger partial charge in [0.2, 0.25) is 0 Å². The summed E-state index contributed by atoms with van der Waals surface area (Å²) in [7, 11) is -3.53. The van der Waals surface area contributed by atoms with Gasteiger partial charge in [-0.1, -0.05) is 0 Å². The maximum Gasteiger partial charge on any atom is 0.182 e. The Bertz CT molecular complexity index is 1340. The standard InChI is InChI=1S/C21H23FN6O2S/c1-12(2)31(29,30)18-11-28(20-9-13(3)26-27-20)21-16(18)6-8-19(25-21)24-14(4)17-7-5-15(22)10-23-17/h5-12,14H,1-4H3,(H,24,25)(H,26,27)/t14-/m0/s1. The van der Waals surface area contributed by atoms with Crippen LogP contribution >= 0.6 is 0 Å². The zero-order valence-corrected chi connectivity index (χ0v) is 18.4. The number of aromatic amines is 1. The van der Waals surface area contributed by atoms with E-state index in [1.165, 1.54) is 6.07 Å². The molecule has 4 aromatic heterocycles. The minimum atomic E-state index is -3.53. The number of nitrogens with one attached hydrogen (secondary N) is 2. The minimum absolute atomic E-state index is 0.213. The monoisotopic (exact) mass is 442 g/mol. The van der Waals surface area contributed by atoms with E-state index in [-0.39, 0.29) is 10.9 Å². The number of H-pyrrole nitrogens is 1.